The van der Waals surface area contributed by atoms with Gasteiger partial charge in [0.1, 0.15) is 5.75 Å². The summed E-state index contributed by atoms with van der Waals surface area (Å²) in [7, 11) is 1.66. The van der Waals surface area contributed by atoms with Crippen LogP contribution in [0, 0.1) is 27.7 Å². The van der Waals surface area contributed by atoms with Gasteiger partial charge in [0, 0.05) is 6.42 Å². The second kappa shape index (κ2) is 6.31. The molecule has 0 heterocycles. The zero-order chi connectivity index (χ0) is 15.6. The minimum atomic E-state index is -0.491. The van der Waals surface area contributed by atoms with Crippen molar-refractivity contribution in [2.75, 3.05) is 7.11 Å². The number of aliphatic hydroxyl groups is 1. The van der Waals surface area contributed by atoms with E-state index in [4.69, 9.17) is 4.74 Å². The van der Waals surface area contributed by atoms with Crippen molar-refractivity contribution in [1.29, 1.82) is 0 Å². The lowest BCUT2D eigenvalue weighted by Crippen LogP contribution is -2.06. The van der Waals surface area contributed by atoms with Crippen LogP contribution >= 0.6 is 0 Å². The standard InChI is InChI=1S/C19H24O2/c1-12-8-13(2)17(14(3)9-12)11-18(20)16-6-7-19(21-5)15(4)10-16/h6-10,18,20H,11H2,1-5H3. The normalized spacial score (nSPS) is 12.3. The van der Waals surface area contributed by atoms with E-state index in [2.05, 4.69) is 32.9 Å². The molecule has 0 spiro atoms. The molecule has 0 aromatic heterocycles. The topological polar surface area (TPSA) is 29.5 Å². The van der Waals surface area contributed by atoms with Crippen LogP contribution in [0.25, 0.3) is 0 Å². The van der Waals surface area contributed by atoms with Crippen LogP contribution in [0.1, 0.15) is 39.5 Å². The van der Waals surface area contributed by atoms with Crippen LogP contribution in [0.5, 0.6) is 5.75 Å². The van der Waals surface area contributed by atoms with E-state index in [1.807, 2.05) is 25.1 Å². The molecular weight excluding hydrogens is 260 g/mol. The number of rotatable bonds is 4. The maximum absolute atomic E-state index is 10.5. The third-order valence-electron chi connectivity index (χ3n) is 4.04. The van der Waals surface area contributed by atoms with Crippen molar-refractivity contribution < 1.29 is 9.84 Å². The highest BCUT2D eigenvalue weighted by Crippen LogP contribution is 2.27. The predicted molar refractivity (Wildman–Crippen MR) is 87.0 cm³/mol. The van der Waals surface area contributed by atoms with Crippen molar-refractivity contribution in [2.24, 2.45) is 0 Å². The molecule has 0 saturated heterocycles. The molecule has 0 aliphatic rings. The van der Waals surface area contributed by atoms with Crippen molar-refractivity contribution >= 4 is 0 Å². The first-order valence-electron chi connectivity index (χ1n) is 7.31. The van der Waals surface area contributed by atoms with Crippen LogP contribution in [0.4, 0.5) is 0 Å². The summed E-state index contributed by atoms with van der Waals surface area (Å²) >= 11 is 0. The van der Waals surface area contributed by atoms with Gasteiger partial charge in [-0.2, -0.15) is 0 Å². The summed E-state index contributed by atoms with van der Waals surface area (Å²) in [4.78, 5) is 0. The molecule has 0 bridgehead atoms. The van der Waals surface area contributed by atoms with Gasteiger partial charge in [-0.15, -0.1) is 0 Å². The van der Waals surface area contributed by atoms with Crippen molar-refractivity contribution in [1.82, 2.24) is 0 Å². The quantitative estimate of drug-likeness (QED) is 0.911. The van der Waals surface area contributed by atoms with Gasteiger partial charge in [-0.1, -0.05) is 23.8 Å². The van der Waals surface area contributed by atoms with Crippen LogP contribution in [-0.4, -0.2) is 12.2 Å². The van der Waals surface area contributed by atoms with E-state index in [9.17, 15) is 5.11 Å². The Labute approximate surface area is 127 Å². The summed E-state index contributed by atoms with van der Waals surface area (Å²) in [6.45, 7) is 8.33. The van der Waals surface area contributed by atoms with Crippen LogP contribution in [0.2, 0.25) is 0 Å². The molecule has 0 amide bonds. The Morgan fingerprint density at radius 1 is 0.952 bits per heavy atom. The number of aryl methyl sites for hydroxylation is 4. The molecule has 1 N–H and O–H groups in total. The van der Waals surface area contributed by atoms with Gasteiger partial charge in [0.25, 0.3) is 0 Å². The first-order valence-corrected chi connectivity index (χ1v) is 7.31. The first-order chi connectivity index (χ1) is 9.92. The number of methoxy groups -OCH3 is 1. The van der Waals surface area contributed by atoms with Crippen molar-refractivity contribution in [3.05, 3.63) is 63.7 Å². The van der Waals surface area contributed by atoms with Gasteiger partial charge in [0.05, 0.1) is 13.2 Å². The van der Waals surface area contributed by atoms with Gasteiger partial charge >= 0.3 is 0 Å². The number of ether oxygens (including phenoxy) is 1. The van der Waals surface area contributed by atoms with Gasteiger partial charge in [-0.25, -0.2) is 0 Å². The Morgan fingerprint density at radius 3 is 2.10 bits per heavy atom. The van der Waals surface area contributed by atoms with E-state index in [1.54, 1.807) is 7.11 Å². The van der Waals surface area contributed by atoms with Crippen LogP contribution < -0.4 is 4.74 Å². The number of benzene rings is 2. The Hall–Kier alpha value is -1.80. The van der Waals surface area contributed by atoms with Crippen LogP contribution in [0.3, 0.4) is 0 Å². The zero-order valence-electron chi connectivity index (χ0n) is 13.5. The Morgan fingerprint density at radius 2 is 1.57 bits per heavy atom. The average Bonchev–Trinajstić information content (AvgIpc) is 2.42. The molecule has 0 saturated carbocycles. The molecule has 1 unspecified atom stereocenters. The fraction of sp³-hybridized carbons (Fsp3) is 0.368. The Balaban J connectivity index is 2.26. The zero-order valence-corrected chi connectivity index (χ0v) is 13.5. The summed E-state index contributed by atoms with van der Waals surface area (Å²) < 4.78 is 5.27. The highest BCUT2D eigenvalue weighted by molar-refractivity contribution is 5.40. The van der Waals surface area contributed by atoms with Gasteiger partial charge in [-0.05, 0) is 67.6 Å². The van der Waals surface area contributed by atoms with E-state index in [1.165, 1.54) is 22.3 Å². The predicted octanol–water partition coefficient (Wildman–Crippen LogP) is 4.20. The second-order valence-electron chi connectivity index (χ2n) is 5.83. The minimum Gasteiger partial charge on any atom is -0.496 e. The second-order valence-corrected chi connectivity index (χ2v) is 5.83. The summed E-state index contributed by atoms with van der Waals surface area (Å²) in [5.74, 6) is 0.855. The smallest absolute Gasteiger partial charge is 0.121 e. The van der Waals surface area contributed by atoms with Gasteiger partial charge in [-0.3, -0.25) is 0 Å². The molecule has 2 aromatic carbocycles. The summed E-state index contributed by atoms with van der Waals surface area (Å²) in [5.41, 5.74) is 6.98. The maximum atomic E-state index is 10.5. The first kappa shape index (κ1) is 15.6. The molecule has 0 aliphatic heterocycles. The Kier molecular flexibility index (Phi) is 4.69. The van der Waals surface area contributed by atoms with E-state index >= 15 is 0 Å². The molecule has 112 valence electrons. The lowest BCUT2D eigenvalue weighted by molar-refractivity contribution is 0.178. The molecule has 1 atom stereocenters. The third-order valence-corrected chi connectivity index (χ3v) is 4.04. The van der Waals surface area contributed by atoms with Gasteiger partial charge in [0.2, 0.25) is 0 Å². The largest absolute Gasteiger partial charge is 0.496 e. The highest BCUT2D eigenvalue weighted by atomic mass is 16.5. The van der Waals surface area contributed by atoms with Crippen molar-refractivity contribution in [3.8, 4) is 5.75 Å². The Bertz CT molecular complexity index is 621. The molecule has 0 radical (unpaired) electrons. The fourth-order valence-electron chi connectivity index (χ4n) is 2.95. The summed E-state index contributed by atoms with van der Waals surface area (Å²) in [5, 5.41) is 10.5. The number of aliphatic hydroxyl groups excluding tert-OH is 1. The number of hydrogen-bond acceptors (Lipinski definition) is 2. The average molecular weight is 284 g/mol. The van der Waals surface area contributed by atoms with Crippen LogP contribution in [-0.2, 0) is 6.42 Å². The lowest BCUT2D eigenvalue weighted by atomic mass is 9.92. The molecule has 2 heteroatoms. The van der Waals surface area contributed by atoms with E-state index in [-0.39, 0.29) is 0 Å². The van der Waals surface area contributed by atoms with Crippen molar-refractivity contribution in [3.63, 3.8) is 0 Å². The molecule has 2 rings (SSSR count). The highest BCUT2D eigenvalue weighted by Gasteiger charge is 2.13. The van der Waals surface area contributed by atoms with E-state index < -0.39 is 6.10 Å². The maximum Gasteiger partial charge on any atom is 0.121 e. The van der Waals surface area contributed by atoms with E-state index in [0.29, 0.717) is 6.42 Å². The van der Waals surface area contributed by atoms with E-state index in [0.717, 1.165) is 16.9 Å². The molecular formula is C19H24O2. The van der Waals surface area contributed by atoms with Crippen LogP contribution in [0.15, 0.2) is 30.3 Å². The number of hydrogen-bond donors (Lipinski definition) is 1. The SMILES string of the molecule is COc1ccc(C(O)Cc2c(C)cc(C)cc2C)cc1C. The summed E-state index contributed by atoms with van der Waals surface area (Å²) in [6.07, 6.45) is 0.152. The molecule has 2 aromatic rings. The van der Waals surface area contributed by atoms with Crippen molar-refractivity contribution in [2.45, 2.75) is 40.2 Å². The molecule has 2 nitrogen and oxygen atoms in total. The third kappa shape index (κ3) is 3.45. The molecule has 0 aliphatic carbocycles. The summed E-state index contributed by atoms with van der Waals surface area (Å²) in [6, 6.07) is 10.2. The lowest BCUT2D eigenvalue weighted by Gasteiger charge is -2.17. The minimum absolute atomic E-state index is 0.491. The molecule has 21 heavy (non-hydrogen) atoms. The molecule has 0 fully saturated rings. The van der Waals surface area contributed by atoms with Gasteiger partial charge in [0.15, 0.2) is 0 Å². The fourth-order valence-corrected chi connectivity index (χ4v) is 2.95. The monoisotopic (exact) mass is 284 g/mol. The van der Waals surface area contributed by atoms with Gasteiger partial charge < -0.3 is 9.84 Å².